The van der Waals surface area contributed by atoms with Crippen molar-refractivity contribution in [3.05, 3.63) is 29.8 Å². The first-order valence-corrected chi connectivity index (χ1v) is 6.54. The van der Waals surface area contributed by atoms with Crippen molar-refractivity contribution >= 4 is 19.7 Å². The van der Waals surface area contributed by atoms with Gasteiger partial charge in [0.25, 0.3) is 9.05 Å². The van der Waals surface area contributed by atoms with E-state index in [2.05, 4.69) is 0 Å². The summed E-state index contributed by atoms with van der Waals surface area (Å²) in [6, 6.07) is 4.52. The van der Waals surface area contributed by atoms with Crippen LogP contribution in [0.3, 0.4) is 0 Å². The molecule has 1 unspecified atom stereocenters. The molecule has 16 heavy (non-hydrogen) atoms. The van der Waals surface area contributed by atoms with Crippen molar-refractivity contribution in [1.82, 2.24) is 0 Å². The average molecular weight is 273 g/mol. The first-order chi connectivity index (χ1) is 7.12. The number of benzene rings is 1. The van der Waals surface area contributed by atoms with Crippen LogP contribution in [0, 0.1) is 0 Å². The third kappa shape index (κ3) is 3.12. The van der Waals surface area contributed by atoms with E-state index in [1.165, 1.54) is 12.1 Å². The van der Waals surface area contributed by atoms with Crippen LogP contribution >= 0.6 is 10.7 Å². The smallest absolute Gasteiger partial charge is 0.207 e. The van der Waals surface area contributed by atoms with E-state index in [0.717, 1.165) is 19.1 Å². The molecule has 0 aliphatic rings. The molecule has 0 aliphatic heterocycles. The molecule has 1 aromatic carbocycles. The molecular weight excluding hydrogens is 265 g/mol. The predicted molar refractivity (Wildman–Crippen MR) is 54.0 cm³/mol. The van der Waals surface area contributed by atoms with Crippen LogP contribution in [0.4, 0.5) is 13.2 Å². The van der Waals surface area contributed by atoms with Gasteiger partial charge in [-0.2, -0.15) is 13.2 Å². The quantitative estimate of drug-likeness (QED) is 0.774. The van der Waals surface area contributed by atoms with Crippen LogP contribution in [-0.4, -0.2) is 14.6 Å². The van der Waals surface area contributed by atoms with Gasteiger partial charge in [-0.1, -0.05) is 12.1 Å². The van der Waals surface area contributed by atoms with Crippen molar-refractivity contribution in [3.8, 4) is 0 Å². The summed E-state index contributed by atoms with van der Waals surface area (Å²) in [6.45, 7) is 0.958. The summed E-state index contributed by atoms with van der Waals surface area (Å²) in [5, 5.41) is 0. The van der Waals surface area contributed by atoms with Gasteiger partial charge in [0, 0.05) is 10.7 Å². The summed E-state index contributed by atoms with van der Waals surface area (Å²) in [7, 11) is 1.04. The van der Waals surface area contributed by atoms with Gasteiger partial charge in [-0.3, -0.25) is 0 Å². The minimum absolute atomic E-state index is 0.130. The number of halogens is 4. The molecule has 0 spiro atoms. The van der Waals surface area contributed by atoms with E-state index in [1.54, 1.807) is 0 Å². The molecule has 90 valence electrons. The Balaban J connectivity index is 3.19. The number of hydrogen-bond donors (Lipinski definition) is 0. The second kappa shape index (κ2) is 4.25. The van der Waals surface area contributed by atoms with Gasteiger partial charge in [0.2, 0.25) is 0 Å². The Morgan fingerprint density at radius 2 is 1.88 bits per heavy atom. The minimum atomic E-state index is -4.41. The third-order valence-electron chi connectivity index (χ3n) is 2.13. The highest BCUT2D eigenvalue weighted by Gasteiger charge is 2.37. The first kappa shape index (κ1) is 13.3. The molecule has 1 aromatic rings. The van der Waals surface area contributed by atoms with Gasteiger partial charge >= 0.3 is 6.18 Å². The van der Waals surface area contributed by atoms with Gasteiger partial charge in [0.05, 0.1) is 10.8 Å². The first-order valence-electron chi connectivity index (χ1n) is 4.23. The normalized spacial score (nSPS) is 14.8. The minimum Gasteiger partial charge on any atom is -0.207 e. The standard InChI is InChI=1S/C9H8ClF3O2S/c1-6(9(11,12)13)7-3-2-4-8(5-7)16(10,14)15/h2-6H,1H3. The second-order valence-electron chi connectivity index (χ2n) is 3.27. The Labute approximate surface area is 95.5 Å². The van der Waals surface area contributed by atoms with Crippen LogP contribution in [0.1, 0.15) is 18.4 Å². The monoisotopic (exact) mass is 272 g/mol. The van der Waals surface area contributed by atoms with Crippen molar-refractivity contribution in [3.63, 3.8) is 0 Å². The van der Waals surface area contributed by atoms with Crippen molar-refractivity contribution in [2.75, 3.05) is 0 Å². The SMILES string of the molecule is CC(c1cccc(S(=O)(=O)Cl)c1)C(F)(F)F. The molecule has 0 saturated carbocycles. The van der Waals surface area contributed by atoms with Crippen molar-refractivity contribution in [2.24, 2.45) is 0 Å². The molecule has 1 atom stereocenters. The van der Waals surface area contributed by atoms with Crippen molar-refractivity contribution in [1.29, 1.82) is 0 Å². The van der Waals surface area contributed by atoms with E-state index in [9.17, 15) is 21.6 Å². The fourth-order valence-corrected chi connectivity index (χ4v) is 1.93. The maximum absolute atomic E-state index is 12.4. The van der Waals surface area contributed by atoms with Gasteiger partial charge in [0.15, 0.2) is 0 Å². The van der Waals surface area contributed by atoms with E-state index in [0.29, 0.717) is 0 Å². The highest BCUT2D eigenvalue weighted by Crippen LogP contribution is 2.35. The van der Waals surface area contributed by atoms with E-state index >= 15 is 0 Å². The van der Waals surface area contributed by atoms with E-state index in [1.807, 2.05) is 0 Å². The van der Waals surface area contributed by atoms with Crippen LogP contribution in [0.2, 0.25) is 0 Å². The summed E-state index contributed by atoms with van der Waals surface area (Å²) >= 11 is 0. The zero-order valence-corrected chi connectivity index (χ0v) is 9.70. The highest BCUT2D eigenvalue weighted by molar-refractivity contribution is 8.13. The second-order valence-corrected chi connectivity index (χ2v) is 5.84. The van der Waals surface area contributed by atoms with Crippen molar-refractivity contribution in [2.45, 2.75) is 23.9 Å². The Bertz CT molecular complexity index is 482. The maximum Gasteiger partial charge on any atom is 0.395 e. The molecule has 0 aromatic heterocycles. The lowest BCUT2D eigenvalue weighted by molar-refractivity contribution is -0.146. The summed E-state index contributed by atoms with van der Waals surface area (Å²) < 4.78 is 59.0. The maximum atomic E-state index is 12.4. The molecule has 0 aliphatic carbocycles. The van der Waals surface area contributed by atoms with E-state index in [-0.39, 0.29) is 10.5 Å². The van der Waals surface area contributed by atoms with Gasteiger partial charge in [-0.15, -0.1) is 0 Å². The van der Waals surface area contributed by atoms with E-state index < -0.39 is 21.1 Å². The van der Waals surface area contributed by atoms with Gasteiger partial charge < -0.3 is 0 Å². The lowest BCUT2D eigenvalue weighted by atomic mass is 10.0. The topological polar surface area (TPSA) is 34.1 Å². The Kier molecular flexibility index (Phi) is 3.54. The van der Waals surface area contributed by atoms with Crippen LogP contribution in [0.25, 0.3) is 0 Å². The van der Waals surface area contributed by atoms with Crippen molar-refractivity contribution < 1.29 is 21.6 Å². The molecule has 7 heteroatoms. The molecule has 0 saturated heterocycles. The summed E-state index contributed by atoms with van der Waals surface area (Å²) in [5.41, 5.74) is -0.130. The fraction of sp³-hybridized carbons (Fsp3) is 0.333. The molecule has 0 N–H and O–H groups in total. The molecule has 0 heterocycles. The van der Waals surface area contributed by atoms with Gasteiger partial charge in [-0.05, 0) is 24.6 Å². The van der Waals surface area contributed by atoms with E-state index in [4.69, 9.17) is 10.7 Å². The fourth-order valence-electron chi connectivity index (χ4n) is 1.12. The Morgan fingerprint density at radius 1 is 1.31 bits per heavy atom. The average Bonchev–Trinajstić information content (AvgIpc) is 2.14. The summed E-state index contributed by atoms with van der Waals surface area (Å²) in [6.07, 6.45) is -4.41. The summed E-state index contributed by atoms with van der Waals surface area (Å²) in [5.74, 6) is -1.73. The van der Waals surface area contributed by atoms with Gasteiger partial charge in [-0.25, -0.2) is 8.42 Å². The lowest BCUT2D eigenvalue weighted by Crippen LogP contribution is -2.17. The molecular formula is C9H8ClF3O2S. The van der Waals surface area contributed by atoms with Crippen LogP contribution in [-0.2, 0) is 9.05 Å². The highest BCUT2D eigenvalue weighted by atomic mass is 35.7. The summed E-state index contributed by atoms with van der Waals surface area (Å²) in [4.78, 5) is -0.331. The number of hydrogen-bond acceptors (Lipinski definition) is 2. The van der Waals surface area contributed by atoms with Gasteiger partial charge in [0.1, 0.15) is 0 Å². The molecule has 0 fully saturated rings. The molecule has 0 radical (unpaired) electrons. The molecule has 2 nitrogen and oxygen atoms in total. The molecule has 1 rings (SSSR count). The number of alkyl halides is 3. The number of rotatable bonds is 2. The zero-order valence-electron chi connectivity index (χ0n) is 8.12. The largest absolute Gasteiger partial charge is 0.395 e. The third-order valence-corrected chi connectivity index (χ3v) is 3.48. The van der Waals surface area contributed by atoms with Crippen LogP contribution in [0.5, 0.6) is 0 Å². The zero-order chi connectivity index (χ0) is 12.6. The molecule has 0 amide bonds. The molecule has 0 bridgehead atoms. The van der Waals surface area contributed by atoms with Crippen LogP contribution < -0.4 is 0 Å². The lowest BCUT2D eigenvalue weighted by Gasteiger charge is -2.16. The Morgan fingerprint density at radius 3 is 2.31 bits per heavy atom. The Hall–Kier alpha value is -0.750. The van der Waals surface area contributed by atoms with Crippen LogP contribution in [0.15, 0.2) is 29.2 Å². The predicted octanol–water partition coefficient (Wildman–Crippen LogP) is 3.28.